The number of rotatable bonds is 2. The Labute approximate surface area is 95.1 Å². The molecule has 3 N–H and O–H groups in total. The molecule has 0 aliphatic rings. The minimum atomic E-state index is -1.18. The van der Waals surface area contributed by atoms with Gasteiger partial charge in [-0.25, -0.2) is 9.82 Å². The first-order valence-corrected chi connectivity index (χ1v) is 4.47. The summed E-state index contributed by atoms with van der Waals surface area (Å²) in [6, 6.07) is 4.07. The van der Waals surface area contributed by atoms with Gasteiger partial charge in [0.1, 0.15) is 5.82 Å². The van der Waals surface area contributed by atoms with Crippen molar-refractivity contribution in [3.63, 3.8) is 0 Å². The summed E-state index contributed by atoms with van der Waals surface area (Å²) in [5, 5.41) is 3.47. The zero-order valence-corrected chi connectivity index (χ0v) is 8.66. The lowest BCUT2D eigenvalue weighted by Crippen LogP contribution is -2.32. The SMILES string of the molecule is NC(=O)C(=O)NN=Cc1c(F)cccc1Cl. The number of halogens is 2. The molecule has 0 aliphatic carbocycles. The summed E-state index contributed by atoms with van der Waals surface area (Å²) in [7, 11) is 0. The molecular formula is C9H7ClFN3O2. The number of primary amides is 1. The van der Waals surface area contributed by atoms with Gasteiger partial charge in [-0.05, 0) is 12.1 Å². The van der Waals surface area contributed by atoms with E-state index in [1.54, 1.807) is 0 Å². The molecule has 7 heteroatoms. The number of hydrazone groups is 1. The fraction of sp³-hybridized carbons (Fsp3) is 0. The van der Waals surface area contributed by atoms with Crippen LogP contribution in [0.2, 0.25) is 5.02 Å². The van der Waals surface area contributed by atoms with E-state index >= 15 is 0 Å². The second kappa shape index (κ2) is 5.22. The van der Waals surface area contributed by atoms with Crippen LogP contribution in [0.15, 0.2) is 23.3 Å². The highest BCUT2D eigenvalue weighted by Gasteiger charge is 2.07. The fourth-order valence-electron chi connectivity index (χ4n) is 0.845. The lowest BCUT2D eigenvalue weighted by atomic mass is 10.2. The Morgan fingerprint density at radius 1 is 1.50 bits per heavy atom. The van der Waals surface area contributed by atoms with Crippen molar-refractivity contribution in [2.24, 2.45) is 10.8 Å². The monoisotopic (exact) mass is 243 g/mol. The number of carbonyl (C=O) groups is 2. The highest BCUT2D eigenvalue weighted by atomic mass is 35.5. The van der Waals surface area contributed by atoms with Crippen LogP contribution in [0.25, 0.3) is 0 Å². The Morgan fingerprint density at radius 3 is 2.75 bits per heavy atom. The number of hydrogen-bond acceptors (Lipinski definition) is 3. The molecule has 2 amide bonds. The molecule has 1 rings (SSSR count). The third kappa shape index (κ3) is 3.03. The molecule has 0 spiro atoms. The van der Waals surface area contributed by atoms with Gasteiger partial charge in [-0.15, -0.1) is 0 Å². The van der Waals surface area contributed by atoms with Crippen molar-refractivity contribution in [3.05, 3.63) is 34.6 Å². The van der Waals surface area contributed by atoms with Gasteiger partial charge in [-0.2, -0.15) is 5.10 Å². The summed E-state index contributed by atoms with van der Waals surface area (Å²) < 4.78 is 13.2. The first-order chi connectivity index (χ1) is 7.52. The van der Waals surface area contributed by atoms with Crippen LogP contribution in [0, 0.1) is 5.82 Å². The van der Waals surface area contributed by atoms with Crippen LogP contribution in [-0.2, 0) is 9.59 Å². The molecule has 5 nitrogen and oxygen atoms in total. The van der Waals surface area contributed by atoms with Gasteiger partial charge in [0.2, 0.25) is 0 Å². The third-order valence-corrected chi connectivity index (χ3v) is 1.91. The summed E-state index contributed by atoms with van der Waals surface area (Å²) in [5.74, 6) is -2.87. The highest BCUT2D eigenvalue weighted by Crippen LogP contribution is 2.16. The molecule has 0 saturated heterocycles. The average molecular weight is 244 g/mol. The fourth-order valence-corrected chi connectivity index (χ4v) is 1.06. The predicted octanol–water partition coefficient (Wildman–Crippen LogP) is 0.415. The molecule has 16 heavy (non-hydrogen) atoms. The van der Waals surface area contributed by atoms with Gasteiger partial charge in [-0.3, -0.25) is 9.59 Å². The molecule has 0 aliphatic heterocycles. The van der Waals surface area contributed by atoms with E-state index in [9.17, 15) is 14.0 Å². The van der Waals surface area contributed by atoms with E-state index in [0.717, 1.165) is 6.21 Å². The minimum absolute atomic E-state index is 0.00828. The summed E-state index contributed by atoms with van der Waals surface area (Å²) >= 11 is 5.67. The maximum Gasteiger partial charge on any atom is 0.329 e. The number of amides is 2. The Morgan fingerprint density at radius 2 is 2.19 bits per heavy atom. The maximum atomic E-state index is 13.2. The van der Waals surface area contributed by atoms with E-state index in [4.69, 9.17) is 11.6 Å². The number of carbonyl (C=O) groups excluding carboxylic acids is 2. The summed E-state index contributed by atoms with van der Waals surface area (Å²) in [5.41, 5.74) is 6.47. The van der Waals surface area contributed by atoms with E-state index in [0.29, 0.717) is 0 Å². The Kier molecular flexibility index (Phi) is 3.96. The van der Waals surface area contributed by atoms with Crippen LogP contribution in [0.3, 0.4) is 0 Å². The molecule has 1 aromatic carbocycles. The number of nitrogens with two attached hydrogens (primary N) is 1. The van der Waals surface area contributed by atoms with Crippen molar-refractivity contribution < 1.29 is 14.0 Å². The quantitative estimate of drug-likeness (QED) is 0.448. The van der Waals surface area contributed by atoms with E-state index in [1.807, 2.05) is 5.43 Å². The third-order valence-electron chi connectivity index (χ3n) is 1.58. The van der Waals surface area contributed by atoms with Crippen molar-refractivity contribution >= 4 is 29.6 Å². The van der Waals surface area contributed by atoms with Crippen molar-refractivity contribution in [1.82, 2.24) is 5.43 Å². The Balaban J connectivity index is 2.77. The van der Waals surface area contributed by atoms with Gasteiger partial charge in [0.25, 0.3) is 0 Å². The topological polar surface area (TPSA) is 84.5 Å². The molecule has 0 saturated carbocycles. The first kappa shape index (κ1) is 12.1. The van der Waals surface area contributed by atoms with Crippen LogP contribution >= 0.6 is 11.6 Å². The average Bonchev–Trinajstić information content (AvgIpc) is 2.22. The molecule has 0 aromatic heterocycles. The summed E-state index contributed by atoms with van der Waals surface area (Å²) in [6.07, 6.45) is 0.985. The molecular weight excluding hydrogens is 237 g/mol. The van der Waals surface area contributed by atoms with Gasteiger partial charge in [-0.1, -0.05) is 17.7 Å². The minimum Gasteiger partial charge on any atom is -0.361 e. The summed E-state index contributed by atoms with van der Waals surface area (Å²) in [6.45, 7) is 0. The lowest BCUT2D eigenvalue weighted by Gasteiger charge is -1.98. The highest BCUT2D eigenvalue weighted by molar-refractivity contribution is 6.34. The first-order valence-electron chi connectivity index (χ1n) is 4.09. The second-order valence-electron chi connectivity index (χ2n) is 2.70. The molecule has 0 fully saturated rings. The van der Waals surface area contributed by atoms with Crippen molar-refractivity contribution in [1.29, 1.82) is 0 Å². The molecule has 0 atom stereocenters. The number of nitrogens with one attached hydrogen (secondary N) is 1. The molecule has 0 radical (unpaired) electrons. The second-order valence-corrected chi connectivity index (χ2v) is 3.11. The Bertz CT molecular complexity index is 442. The van der Waals surface area contributed by atoms with E-state index in [-0.39, 0.29) is 10.6 Å². The van der Waals surface area contributed by atoms with Crippen LogP contribution in [0.5, 0.6) is 0 Å². The zero-order chi connectivity index (χ0) is 12.1. The smallest absolute Gasteiger partial charge is 0.329 e. The van der Waals surface area contributed by atoms with Crippen LogP contribution in [0.1, 0.15) is 5.56 Å². The predicted molar refractivity (Wildman–Crippen MR) is 56.3 cm³/mol. The van der Waals surface area contributed by atoms with Gasteiger partial charge in [0, 0.05) is 5.56 Å². The van der Waals surface area contributed by atoms with Crippen molar-refractivity contribution in [2.45, 2.75) is 0 Å². The van der Waals surface area contributed by atoms with E-state index < -0.39 is 17.6 Å². The van der Waals surface area contributed by atoms with Gasteiger partial charge >= 0.3 is 11.8 Å². The molecule has 0 heterocycles. The number of nitrogens with zero attached hydrogens (tertiary/aromatic N) is 1. The number of hydrogen-bond donors (Lipinski definition) is 2. The molecule has 0 unspecified atom stereocenters. The maximum absolute atomic E-state index is 13.2. The molecule has 84 valence electrons. The zero-order valence-electron chi connectivity index (χ0n) is 7.91. The largest absolute Gasteiger partial charge is 0.361 e. The normalized spacial score (nSPS) is 10.4. The van der Waals surface area contributed by atoms with Crippen molar-refractivity contribution in [2.75, 3.05) is 0 Å². The summed E-state index contributed by atoms with van der Waals surface area (Å²) in [4.78, 5) is 21.0. The standard InChI is InChI=1S/C9H7ClFN3O2/c10-6-2-1-3-7(11)5(6)4-13-14-9(16)8(12)15/h1-4H,(H2,12,15)(H,14,16). The number of benzene rings is 1. The lowest BCUT2D eigenvalue weighted by molar-refractivity contribution is -0.137. The molecule has 0 bridgehead atoms. The van der Waals surface area contributed by atoms with E-state index in [1.165, 1.54) is 18.2 Å². The van der Waals surface area contributed by atoms with Crippen LogP contribution < -0.4 is 11.2 Å². The van der Waals surface area contributed by atoms with Gasteiger partial charge in [0.05, 0.1) is 11.2 Å². The Hall–Kier alpha value is -1.95. The van der Waals surface area contributed by atoms with Gasteiger partial charge in [0.15, 0.2) is 0 Å². The van der Waals surface area contributed by atoms with Crippen molar-refractivity contribution in [3.8, 4) is 0 Å². The van der Waals surface area contributed by atoms with E-state index in [2.05, 4.69) is 10.8 Å². The van der Waals surface area contributed by atoms with Crippen LogP contribution in [-0.4, -0.2) is 18.0 Å². The van der Waals surface area contributed by atoms with Crippen LogP contribution in [0.4, 0.5) is 4.39 Å². The molecule has 1 aromatic rings. The van der Waals surface area contributed by atoms with Gasteiger partial charge < -0.3 is 5.73 Å².